The van der Waals surface area contributed by atoms with Crippen molar-refractivity contribution in [2.45, 2.75) is 13.5 Å². The summed E-state index contributed by atoms with van der Waals surface area (Å²) in [6, 6.07) is 7.32. The lowest BCUT2D eigenvalue weighted by molar-refractivity contribution is 0.0599. The first-order valence-electron chi connectivity index (χ1n) is 6.30. The van der Waals surface area contributed by atoms with Crippen LogP contribution in [0.1, 0.15) is 21.9 Å². The van der Waals surface area contributed by atoms with Crippen LogP contribution in [0.2, 0.25) is 0 Å². The number of benzene rings is 1. The van der Waals surface area contributed by atoms with Crippen LogP contribution < -0.4 is 10.1 Å². The van der Waals surface area contributed by atoms with Crippen molar-refractivity contribution in [2.24, 2.45) is 0 Å². The smallest absolute Gasteiger partial charge is 0.341 e. The normalized spacial score (nSPS) is 10.3. The highest BCUT2D eigenvalue weighted by Gasteiger charge is 2.15. The van der Waals surface area contributed by atoms with Crippen molar-refractivity contribution in [1.29, 1.82) is 0 Å². The van der Waals surface area contributed by atoms with Crippen molar-refractivity contribution in [1.82, 2.24) is 0 Å². The number of aryl methyl sites for hydroxylation is 1. The van der Waals surface area contributed by atoms with E-state index in [1.807, 2.05) is 18.2 Å². The highest BCUT2D eigenvalue weighted by atomic mass is 79.9. The average Bonchev–Trinajstić information content (AvgIpc) is 2.86. The number of methoxy groups -OCH3 is 2. The molecule has 0 radical (unpaired) electrons. The summed E-state index contributed by atoms with van der Waals surface area (Å²) < 4.78 is 16.3. The number of nitrogens with one attached hydrogen (secondary N) is 1. The summed E-state index contributed by atoms with van der Waals surface area (Å²) in [5.74, 6) is 1.56. The van der Waals surface area contributed by atoms with Gasteiger partial charge in [-0.3, -0.25) is 0 Å². The summed E-state index contributed by atoms with van der Waals surface area (Å²) in [6.45, 7) is 2.18. The molecule has 0 amide bonds. The Bertz CT molecular complexity index is 651. The molecule has 21 heavy (non-hydrogen) atoms. The number of hydrogen-bond donors (Lipinski definition) is 1. The van der Waals surface area contributed by atoms with Crippen molar-refractivity contribution < 1.29 is 18.7 Å². The van der Waals surface area contributed by atoms with Gasteiger partial charge in [-0.2, -0.15) is 0 Å². The van der Waals surface area contributed by atoms with Crippen LogP contribution in [-0.4, -0.2) is 20.2 Å². The van der Waals surface area contributed by atoms with Crippen molar-refractivity contribution in [3.63, 3.8) is 0 Å². The molecule has 0 aliphatic carbocycles. The van der Waals surface area contributed by atoms with Gasteiger partial charge in [0, 0.05) is 10.5 Å². The standard InChI is InChI=1S/C15H16BrNO4/c1-9-12(15(18)20-3)6-11(21-9)8-17-14-7-10(19-2)4-5-13(14)16/h4-7,17H,8H2,1-3H3. The van der Waals surface area contributed by atoms with E-state index in [-0.39, 0.29) is 0 Å². The Morgan fingerprint density at radius 2 is 2.10 bits per heavy atom. The summed E-state index contributed by atoms with van der Waals surface area (Å²) in [5.41, 5.74) is 1.32. The van der Waals surface area contributed by atoms with Crippen molar-refractivity contribution in [2.75, 3.05) is 19.5 Å². The average molecular weight is 354 g/mol. The van der Waals surface area contributed by atoms with Gasteiger partial charge in [-0.1, -0.05) is 0 Å². The zero-order valence-electron chi connectivity index (χ0n) is 12.0. The molecule has 0 fully saturated rings. The van der Waals surface area contributed by atoms with Gasteiger partial charge in [0.05, 0.1) is 26.5 Å². The second kappa shape index (κ2) is 6.67. The Kier molecular flexibility index (Phi) is 4.90. The van der Waals surface area contributed by atoms with Gasteiger partial charge in [-0.05, 0) is 41.1 Å². The quantitative estimate of drug-likeness (QED) is 0.829. The third-order valence-electron chi connectivity index (χ3n) is 3.00. The molecule has 0 atom stereocenters. The molecular weight excluding hydrogens is 338 g/mol. The molecule has 1 heterocycles. The van der Waals surface area contributed by atoms with Gasteiger partial charge in [0.25, 0.3) is 0 Å². The molecule has 1 aromatic heterocycles. The number of ether oxygens (including phenoxy) is 2. The summed E-state index contributed by atoms with van der Waals surface area (Å²) in [7, 11) is 2.96. The summed E-state index contributed by atoms with van der Waals surface area (Å²) in [6.07, 6.45) is 0. The van der Waals surface area contributed by atoms with E-state index >= 15 is 0 Å². The van der Waals surface area contributed by atoms with Crippen LogP contribution in [0.25, 0.3) is 0 Å². The molecule has 112 valence electrons. The lowest BCUT2D eigenvalue weighted by Gasteiger charge is -2.09. The molecule has 0 unspecified atom stereocenters. The number of halogens is 1. The number of carbonyl (C=O) groups excluding carboxylic acids is 1. The predicted molar refractivity (Wildman–Crippen MR) is 82.8 cm³/mol. The minimum absolute atomic E-state index is 0.398. The van der Waals surface area contributed by atoms with Crippen molar-refractivity contribution >= 4 is 27.6 Å². The van der Waals surface area contributed by atoms with Gasteiger partial charge in [-0.15, -0.1) is 0 Å². The molecule has 0 aliphatic heterocycles. The maximum absolute atomic E-state index is 11.5. The molecule has 6 heteroatoms. The lowest BCUT2D eigenvalue weighted by atomic mass is 10.2. The largest absolute Gasteiger partial charge is 0.497 e. The zero-order valence-corrected chi connectivity index (χ0v) is 13.6. The molecule has 0 spiro atoms. The molecular formula is C15H16BrNO4. The van der Waals surface area contributed by atoms with E-state index in [4.69, 9.17) is 13.9 Å². The monoisotopic (exact) mass is 353 g/mol. The van der Waals surface area contributed by atoms with Crippen LogP contribution in [0, 0.1) is 6.92 Å². The first-order chi connectivity index (χ1) is 10.0. The first-order valence-corrected chi connectivity index (χ1v) is 7.09. The fraction of sp³-hybridized carbons (Fsp3) is 0.267. The molecule has 0 bridgehead atoms. The fourth-order valence-electron chi connectivity index (χ4n) is 1.89. The number of furan rings is 1. The third-order valence-corrected chi connectivity index (χ3v) is 3.69. The zero-order chi connectivity index (χ0) is 15.4. The van der Waals surface area contributed by atoms with Gasteiger partial charge in [0.2, 0.25) is 0 Å². The van der Waals surface area contributed by atoms with E-state index in [2.05, 4.69) is 21.2 Å². The second-order valence-corrected chi connectivity index (χ2v) is 5.23. The highest BCUT2D eigenvalue weighted by Crippen LogP contribution is 2.28. The molecule has 1 aromatic carbocycles. The Hall–Kier alpha value is -1.95. The van der Waals surface area contributed by atoms with Crippen LogP contribution in [0.5, 0.6) is 5.75 Å². The topological polar surface area (TPSA) is 60.7 Å². The highest BCUT2D eigenvalue weighted by molar-refractivity contribution is 9.10. The number of carbonyl (C=O) groups is 1. The molecule has 5 nitrogen and oxygen atoms in total. The van der Waals surface area contributed by atoms with Crippen LogP contribution in [0.15, 0.2) is 33.2 Å². The lowest BCUT2D eigenvalue weighted by Crippen LogP contribution is -2.01. The Morgan fingerprint density at radius 3 is 2.76 bits per heavy atom. The number of hydrogen-bond acceptors (Lipinski definition) is 5. The predicted octanol–water partition coefficient (Wildman–Crippen LogP) is 3.76. The van der Waals surface area contributed by atoms with Gasteiger partial charge < -0.3 is 19.2 Å². The summed E-state index contributed by atoms with van der Waals surface area (Å²) in [5, 5.41) is 3.23. The van der Waals surface area contributed by atoms with Crippen LogP contribution in [0.3, 0.4) is 0 Å². The van der Waals surface area contributed by atoms with E-state index in [1.54, 1.807) is 20.1 Å². The van der Waals surface area contributed by atoms with E-state index in [0.29, 0.717) is 23.6 Å². The molecule has 0 saturated heterocycles. The van der Waals surface area contributed by atoms with Crippen LogP contribution in [0.4, 0.5) is 5.69 Å². The molecule has 0 saturated carbocycles. The van der Waals surface area contributed by atoms with Gasteiger partial charge in [0.1, 0.15) is 22.8 Å². The maximum Gasteiger partial charge on any atom is 0.341 e. The van der Waals surface area contributed by atoms with Gasteiger partial charge in [-0.25, -0.2) is 4.79 Å². The molecule has 0 aliphatic rings. The second-order valence-electron chi connectivity index (χ2n) is 4.37. The van der Waals surface area contributed by atoms with Crippen LogP contribution in [-0.2, 0) is 11.3 Å². The molecule has 2 aromatic rings. The van der Waals surface area contributed by atoms with Crippen LogP contribution >= 0.6 is 15.9 Å². The number of esters is 1. The Morgan fingerprint density at radius 1 is 1.33 bits per heavy atom. The third kappa shape index (κ3) is 3.58. The van der Waals surface area contributed by atoms with E-state index in [9.17, 15) is 4.79 Å². The minimum Gasteiger partial charge on any atom is -0.497 e. The van der Waals surface area contributed by atoms with Gasteiger partial charge in [0.15, 0.2) is 0 Å². The van der Waals surface area contributed by atoms with E-state index in [0.717, 1.165) is 15.9 Å². The van der Waals surface area contributed by atoms with Crippen molar-refractivity contribution in [3.05, 3.63) is 45.8 Å². The molecule has 2 rings (SSSR count). The minimum atomic E-state index is -0.398. The maximum atomic E-state index is 11.5. The Labute approximate surface area is 131 Å². The van der Waals surface area contributed by atoms with E-state index < -0.39 is 5.97 Å². The molecule has 1 N–H and O–H groups in total. The fourth-order valence-corrected chi connectivity index (χ4v) is 2.28. The number of anilines is 1. The summed E-state index contributed by atoms with van der Waals surface area (Å²) >= 11 is 3.46. The van der Waals surface area contributed by atoms with Gasteiger partial charge >= 0.3 is 5.97 Å². The number of rotatable bonds is 5. The van der Waals surface area contributed by atoms with Crippen molar-refractivity contribution in [3.8, 4) is 5.75 Å². The summed E-state index contributed by atoms with van der Waals surface area (Å²) in [4.78, 5) is 11.5. The first kappa shape index (κ1) is 15.4. The Balaban J connectivity index is 2.11. The van der Waals surface area contributed by atoms with E-state index in [1.165, 1.54) is 7.11 Å². The SMILES string of the molecule is COC(=O)c1cc(CNc2cc(OC)ccc2Br)oc1C.